The van der Waals surface area contributed by atoms with E-state index < -0.39 is 0 Å². The molecule has 2 nitrogen and oxygen atoms in total. The van der Waals surface area contributed by atoms with Crippen LogP contribution in [0.4, 0.5) is 0 Å². The highest BCUT2D eigenvalue weighted by Crippen LogP contribution is 2.13. The number of fused-ring (bicyclic) bond motifs is 1. The number of rotatable bonds is 1. The Bertz CT molecular complexity index is 397. The molecule has 0 N–H and O–H groups in total. The molecule has 0 aliphatic rings. The zero-order valence-electron chi connectivity index (χ0n) is 11.5. The molecule has 0 spiro atoms. The van der Waals surface area contributed by atoms with Crippen molar-refractivity contribution in [1.82, 2.24) is 9.78 Å². The number of aromatic nitrogens is 2. The van der Waals surface area contributed by atoms with Crippen LogP contribution in [-0.4, -0.2) is 18.2 Å². The standard InChI is InChI=1S/C10H12N2.C4H10.B/c1-8(2)12-7-9-5-3-4-6-10(9)11-12;1-4(2)3;/h3-8H,1-2H3;4H,1-3H3;. The van der Waals surface area contributed by atoms with Crippen molar-refractivity contribution in [2.75, 3.05) is 0 Å². The largest absolute Gasteiger partial charge is 0.269 e. The molecule has 0 atom stereocenters. The SMILES string of the molecule is CC(C)C.CC(C)n1cc2ccccc2n1.[B]. The fourth-order valence-corrected chi connectivity index (χ4v) is 1.25. The minimum atomic E-state index is 0. The summed E-state index contributed by atoms with van der Waals surface area (Å²) in [6, 6.07) is 8.61. The molecule has 0 bridgehead atoms. The van der Waals surface area contributed by atoms with Crippen LogP contribution in [0.15, 0.2) is 30.5 Å². The zero-order valence-corrected chi connectivity index (χ0v) is 11.5. The maximum atomic E-state index is 4.43. The normalized spacial score (nSPS) is 10.1. The first-order chi connectivity index (χ1) is 7.50. The summed E-state index contributed by atoms with van der Waals surface area (Å²) in [5, 5.41) is 5.64. The topological polar surface area (TPSA) is 17.8 Å². The van der Waals surface area contributed by atoms with E-state index in [1.807, 2.05) is 22.9 Å². The van der Waals surface area contributed by atoms with E-state index >= 15 is 0 Å². The van der Waals surface area contributed by atoms with Gasteiger partial charge in [-0.15, -0.1) is 0 Å². The highest BCUT2D eigenvalue weighted by Gasteiger charge is 2.00. The molecule has 3 heteroatoms. The molecule has 1 heterocycles. The smallest absolute Gasteiger partial charge is 0.0923 e. The van der Waals surface area contributed by atoms with Crippen LogP contribution in [0.5, 0.6) is 0 Å². The predicted octanol–water partition coefficient (Wildman–Crippen LogP) is 3.90. The van der Waals surface area contributed by atoms with Gasteiger partial charge in [-0.05, 0) is 25.8 Å². The lowest BCUT2D eigenvalue weighted by atomic mass is 10.3. The van der Waals surface area contributed by atoms with Crippen LogP contribution in [0, 0.1) is 5.92 Å². The van der Waals surface area contributed by atoms with Gasteiger partial charge in [0, 0.05) is 26.0 Å². The van der Waals surface area contributed by atoms with Gasteiger partial charge < -0.3 is 0 Å². The van der Waals surface area contributed by atoms with Crippen molar-refractivity contribution in [1.29, 1.82) is 0 Å². The molecular weight excluding hydrogens is 207 g/mol. The van der Waals surface area contributed by atoms with Crippen LogP contribution >= 0.6 is 0 Å². The van der Waals surface area contributed by atoms with E-state index in [2.05, 4.69) is 52.0 Å². The van der Waals surface area contributed by atoms with Gasteiger partial charge >= 0.3 is 0 Å². The highest BCUT2D eigenvalue weighted by molar-refractivity contribution is 5.77. The fourth-order valence-electron chi connectivity index (χ4n) is 1.25. The Morgan fingerprint density at radius 2 is 1.53 bits per heavy atom. The van der Waals surface area contributed by atoms with Crippen LogP contribution < -0.4 is 0 Å². The second kappa shape index (κ2) is 7.15. The Morgan fingerprint density at radius 1 is 1.00 bits per heavy atom. The molecule has 0 saturated carbocycles. The maximum absolute atomic E-state index is 4.43. The van der Waals surface area contributed by atoms with Crippen molar-refractivity contribution in [3.63, 3.8) is 0 Å². The second-order valence-corrected chi connectivity index (χ2v) is 4.99. The van der Waals surface area contributed by atoms with Crippen LogP contribution in [0.25, 0.3) is 10.9 Å². The minimum Gasteiger partial charge on any atom is -0.269 e. The van der Waals surface area contributed by atoms with E-state index in [-0.39, 0.29) is 8.41 Å². The van der Waals surface area contributed by atoms with E-state index in [1.165, 1.54) is 5.39 Å². The van der Waals surface area contributed by atoms with E-state index in [1.54, 1.807) is 0 Å². The van der Waals surface area contributed by atoms with Gasteiger partial charge in [-0.1, -0.05) is 39.0 Å². The molecular formula is C14H22BN2. The highest BCUT2D eigenvalue weighted by atomic mass is 15.3. The van der Waals surface area contributed by atoms with Crippen molar-refractivity contribution in [3.8, 4) is 0 Å². The minimum absolute atomic E-state index is 0. The molecule has 17 heavy (non-hydrogen) atoms. The van der Waals surface area contributed by atoms with Crippen molar-refractivity contribution in [3.05, 3.63) is 30.5 Å². The number of benzene rings is 1. The lowest BCUT2D eigenvalue weighted by Crippen LogP contribution is -1.99. The molecule has 0 amide bonds. The third-order valence-electron chi connectivity index (χ3n) is 1.96. The van der Waals surface area contributed by atoms with Crippen molar-refractivity contribution in [2.24, 2.45) is 5.92 Å². The van der Waals surface area contributed by atoms with Gasteiger partial charge in [-0.3, -0.25) is 4.68 Å². The lowest BCUT2D eigenvalue weighted by molar-refractivity contribution is 0.537. The third kappa shape index (κ3) is 5.07. The second-order valence-electron chi connectivity index (χ2n) is 4.99. The van der Waals surface area contributed by atoms with Gasteiger partial charge in [0.1, 0.15) is 0 Å². The average Bonchev–Trinajstić information content (AvgIpc) is 2.59. The first-order valence-electron chi connectivity index (χ1n) is 5.94. The van der Waals surface area contributed by atoms with E-state index in [9.17, 15) is 0 Å². The molecule has 91 valence electrons. The van der Waals surface area contributed by atoms with Crippen molar-refractivity contribution < 1.29 is 0 Å². The molecule has 1 aromatic heterocycles. The summed E-state index contributed by atoms with van der Waals surface area (Å²) in [6.45, 7) is 10.8. The fraction of sp³-hybridized carbons (Fsp3) is 0.500. The summed E-state index contributed by atoms with van der Waals surface area (Å²) < 4.78 is 1.99. The summed E-state index contributed by atoms with van der Waals surface area (Å²) >= 11 is 0. The van der Waals surface area contributed by atoms with Crippen LogP contribution in [0.2, 0.25) is 0 Å². The Morgan fingerprint density at radius 3 is 2.00 bits per heavy atom. The van der Waals surface area contributed by atoms with Gasteiger partial charge in [-0.2, -0.15) is 5.10 Å². The average molecular weight is 229 g/mol. The predicted molar refractivity (Wildman–Crippen MR) is 76.4 cm³/mol. The quantitative estimate of drug-likeness (QED) is 0.678. The Labute approximate surface area is 107 Å². The van der Waals surface area contributed by atoms with Gasteiger partial charge in [0.2, 0.25) is 0 Å². The molecule has 2 rings (SSSR count). The maximum Gasteiger partial charge on any atom is 0.0923 e. The number of hydrogen-bond acceptors (Lipinski definition) is 1. The summed E-state index contributed by atoms with van der Waals surface area (Å²) in [5.74, 6) is 0.833. The van der Waals surface area contributed by atoms with E-state index in [4.69, 9.17) is 0 Å². The van der Waals surface area contributed by atoms with Gasteiger partial charge in [0.25, 0.3) is 0 Å². The Kier molecular flexibility index (Phi) is 6.63. The third-order valence-corrected chi connectivity index (χ3v) is 1.96. The van der Waals surface area contributed by atoms with Crippen LogP contribution in [0.1, 0.15) is 40.7 Å². The van der Waals surface area contributed by atoms with Crippen molar-refractivity contribution in [2.45, 2.75) is 40.7 Å². The summed E-state index contributed by atoms with van der Waals surface area (Å²) in [4.78, 5) is 0. The molecule has 1 aromatic carbocycles. The van der Waals surface area contributed by atoms with E-state index in [0.717, 1.165) is 11.4 Å². The molecule has 0 aliphatic heterocycles. The van der Waals surface area contributed by atoms with E-state index in [0.29, 0.717) is 6.04 Å². The number of hydrogen-bond donors (Lipinski definition) is 0. The van der Waals surface area contributed by atoms with Gasteiger partial charge in [-0.25, -0.2) is 0 Å². The summed E-state index contributed by atoms with van der Waals surface area (Å²) in [7, 11) is 0. The van der Waals surface area contributed by atoms with Gasteiger partial charge in [0.05, 0.1) is 5.52 Å². The Balaban J connectivity index is 0.000000453. The molecule has 3 radical (unpaired) electrons. The Hall–Kier alpha value is -1.25. The zero-order chi connectivity index (χ0) is 12.1. The van der Waals surface area contributed by atoms with Gasteiger partial charge in [0.15, 0.2) is 0 Å². The molecule has 0 unspecified atom stereocenters. The monoisotopic (exact) mass is 229 g/mol. The summed E-state index contributed by atoms with van der Waals surface area (Å²) in [6.07, 6.45) is 2.08. The van der Waals surface area contributed by atoms with Crippen LogP contribution in [0.3, 0.4) is 0 Å². The first kappa shape index (κ1) is 15.8. The lowest BCUT2D eigenvalue weighted by Gasteiger charge is -2.02. The number of nitrogens with zero attached hydrogens (tertiary/aromatic N) is 2. The van der Waals surface area contributed by atoms with Crippen LogP contribution in [-0.2, 0) is 0 Å². The van der Waals surface area contributed by atoms with Crippen molar-refractivity contribution >= 4 is 19.3 Å². The molecule has 0 fully saturated rings. The molecule has 0 aliphatic carbocycles. The first-order valence-corrected chi connectivity index (χ1v) is 5.94. The molecule has 0 saturated heterocycles. The molecule has 2 aromatic rings. The summed E-state index contributed by atoms with van der Waals surface area (Å²) in [5.41, 5.74) is 1.08.